The zero-order valence-corrected chi connectivity index (χ0v) is 23.2. The van der Waals surface area contributed by atoms with E-state index in [0.29, 0.717) is 23.3 Å². The summed E-state index contributed by atoms with van der Waals surface area (Å²) in [5.41, 5.74) is 1.77. The van der Waals surface area contributed by atoms with Gasteiger partial charge in [0.25, 0.3) is 0 Å². The molecule has 2 amide bonds. The second kappa shape index (κ2) is 12.0. The van der Waals surface area contributed by atoms with Crippen molar-refractivity contribution in [1.82, 2.24) is 15.3 Å². The Morgan fingerprint density at radius 3 is 2.50 bits per heavy atom. The maximum absolute atomic E-state index is 13.3. The molecule has 1 unspecified atom stereocenters. The Morgan fingerprint density at radius 1 is 1.07 bits per heavy atom. The minimum atomic E-state index is -0.665. The van der Waals surface area contributed by atoms with Crippen molar-refractivity contribution in [2.75, 3.05) is 23.8 Å². The molecule has 1 atom stereocenters. The molecule has 2 aromatic carbocycles. The normalized spacial score (nSPS) is 12.0. The van der Waals surface area contributed by atoms with E-state index in [1.165, 1.54) is 0 Å². The Balaban J connectivity index is 1.57. The van der Waals surface area contributed by atoms with Crippen LogP contribution in [0.25, 0.3) is 10.9 Å². The average Bonchev–Trinajstić information content (AvgIpc) is 2.91. The molecule has 10 heteroatoms. The van der Waals surface area contributed by atoms with Crippen LogP contribution in [0.5, 0.6) is 0 Å². The molecule has 2 heterocycles. The van der Waals surface area contributed by atoms with Gasteiger partial charge in [0, 0.05) is 38.2 Å². The van der Waals surface area contributed by atoms with Gasteiger partial charge in [-0.15, -0.1) is 0 Å². The lowest BCUT2D eigenvalue weighted by Gasteiger charge is -2.24. The van der Waals surface area contributed by atoms with Crippen LogP contribution in [-0.4, -0.2) is 41.2 Å². The minimum absolute atomic E-state index is 0.0748. The molecule has 0 aliphatic carbocycles. The third-order valence-corrected chi connectivity index (χ3v) is 6.17. The van der Waals surface area contributed by atoms with Crippen molar-refractivity contribution >= 4 is 34.6 Å². The van der Waals surface area contributed by atoms with Crippen LogP contribution in [0.4, 0.5) is 16.5 Å². The van der Waals surface area contributed by atoms with E-state index in [9.17, 15) is 14.4 Å². The maximum atomic E-state index is 13.3. The van der Waals surface area contributed by atoms with Gasteiger partial charge in [-0.2, -0.15) is 4.98 Å². The largest absolute Gasteiger partial charge is 0.444 e. The number of likely N-dealkylation sites (N-methyl/N-ethyl adjacent to an activating group) is 1. The van der Waals surface area contributed by atoms with Gasteiger partial charge in [0.1, 0.15) is 5.60 Å². The highest BCUT2D eigenvalue weighted by Gasteiger charge is 2.25. The molecular weight excluding hydrogens is 510 g/mol. The lowest BCUT2D eigenvalue weighted by atomic mass is 9.97. The quantitative estimate of drug-likeness (QED) is 0.325. The molecule has 208 valence electrons. The number of hydrogen-bond donors (Lipinski definition) is 2. The van der Waals surface area contributed by atoms with Crippen LogP contribution >= 0.6 is 0 Å². The zero-order valence-electron chi connectivity index (χ0n) is 23.2. The van der Waals surface area contributed by atoms with Gasteiger partial charge in [-0.05, 0) is 62.6 Å². The number of carbonyl (C=O) groups is 2. The van der Waals surface area contributed by atoms with Gasteiger partial charge < -0.3 is 19.4 Å². The number of benzene rings is 2. The summed E-state index contributed by atoms with van der Waals surface area (Å²) in [6.45, 7) is 7.55. The van der Waals surface area contributed by atoms with Crippen molar-refractivity contribution in [3.63, 3.8) is 0 Å². The van der Waals surface area contributed by atoms with Gasteiger partial charge in [-0.3, -0.25) is 15.1 Å². The number of amides is 2. The van der Waals surface area contributed by atoms with E-state index in [1.807, 2.05) is 42.5 Å². The molecule has 0 saturated carbocycles. The maximum Gasteiger partial charge on any atom is 0.412 e. The fraction of sp³-hybridized carbons (Fsp3) is 0.300. The van der Waals surface area contributed by atoms with Crippen LogP contribution in [0.3, 0.4) is 0 Å². The van der Waals surface area contributed by atoms with E-state index < -0.39 is 23.2 Å². The number of aryl methyl sites for hydroxylation is 1. The minimum Gasteiger partial charge on any atom is -0.444 e. The fourth-order valence-corrected chi connectivity index (χ4v) is 4.21. The number of ether oxygens (including phenoxy) is 1. The van der Waals surface area contributed by atoms with Gasteiger partial charge in [0.05, 0.1) is 16.8 Å². The van der Waals surface area contributed by atoms with Gasteiger partial charge >= 0.3 is 17.7 Å². The van der Waals surface area contributed by atoms with Crippen molar-refractivity contribution in [2.24, 2.45) is 0 Å². The molecule has 0 fully saturated rings. The number of aromatic nitrogens is 2. The van der Waals surface area contributed by atoms with Crippen molar-refractivity contribution in [1.29, 1.82) is 0 Å². The third kappa shape index (κ3) is 7.02. The van der Waals surface area contributed by atoms with Crippen LogP contribution in [0.2, 0.25) is 0 Å². The number of hydrogen-bond acceptors (Lipinski definition) is 8. The highest BCUT2D eigenvalue weighted by molar-refractivity contribution is 5.93. The van der Waals surface area contributed by atoms with E-state index >= 15 is 0 Å². The fourth-order valence-electron chi connectivity index (χ4n) is 4.21. The van der Waals surface area contributed by atoms with Gasteiger partial charge in [0.2, 0.25) is 5.91 Å². The Labute approximate surface area is 232 Å². The summed E-state index contributed by atoms with van der Waals surface area (Å²) in [6.07, 6.45) is 2.75. The highest BCUT2D eigenvalue weighted by Crippen LogP contribution is 2.26. The van der Waals surface area contributed by atoms with Crippen LogP contribution in [0.15, 0.2) is 76.2 Å². The van der Waals surface area contributed by atoms with Crippen molar-refractivity contribution in [3.05, 3.63) is 94.1 Å². The molecular formula is C30H33N5O5. The number of anilines is 2. The first-order valence-corrected chi connectivity index (χ1v) is 12.9. The number of fused-ring (bicyclic) bond motifs is 1. The first-order chi connectivity index (χ1) is 19.0. The lowest BCUT2D eigenvalue weighted by Crippen LogP contribution is -2.36. The van der Waals surface area contributed by atoms with Crippen LogP contribution in [0.1, 0.15) is 43.4 Å². The Hall–Kier alpha value is -4.73. The molecule has 40 heavy (non-hydrogen) atoms. The molecule has 0 radical (unpaired) electrons. The number of rotatable bonds is 8. The summed E-state index contributed by atoms with van der Waals surface area (Å²) < 4.78 is 10.9. The highest BCUT2D eigenvalue weighted by atomic mass is 16.6. The first kappa shape index (κ1) is 28.3. The van der Waals surface area contributed by atoms with Crippen molar-refractivity contribution in [2.45, 2.75) is 45.8 Å². The summed E-state index contributed by atoms with van der Waals surface area (Å²) >= 11 is 0. The molecule has 10 nitrogen and oxygen atoms in total. The third-order valence-electron chi connectivity index (χ3n) is 6.17. The van der Waals surface area contributed by atoms with Crippen LogP contribution < -0.4 is 21.2 Å². The number of pyridine rings is 1. The second-order valence-corrected chi connectivity index (χ2v) is 10.5. The molecule has 0 spiro atoms. The summed E-state index contributed by atoms with van der Waals surface area (Å²) in [7, 11) is 1.72. The predicted molar refractivity (Wildman–Crippen MR) is 153 cm³/mol. The molecule has 0 bridgehead atoms. The van der Waals surface area contributed by atoms with Crippen LogP contribution in [0, 0.1) is 6.92 Å². The van der Waals surface area contributed by atoms with E-state index in [1.54, 1.807) is 64.2 Å². The Morgan fingerprint density at radius 2 is 1.82 bits per heavy atom. The number of carbonyl (C=O) groups excluding carboxylic acids is 2. The molecule has 0 aliphatic heterocycles. The van der Waals surface area contributed by atoms with E-state index in [-0.39, 0.29) is 23.9 Å². The smallest absolute Gasteiger partial charge is 0.412 e. The summed E-state index contributed by atoms with van der Waals surface area (Å²) in [4.78, 5) is 48.9. The Kier molecular flexibility index (Phi) is 8.47. The van der Waals surface area contributed by atoms with E-state index in [4.69, 9.17) is 9.15 Å². The summed E-state index contributed by atoms with van der Waals surface area (Å²) in [5, 5.41) is 5.90. The predicted octanol–water partition coefficient (Wildman–Crippen LogP) is 4.77. The topological polar surface area (TPSA) is 127 Å². The summed E-state index contributed by atoms with van der Waals surface area (Å²) in [5.74, 6) is -0.744. The molecule has 2 aromatic heterocycles. The lowest BCUT2D eigenvalue weighted by molar-refractivity contribution is -0.122. The molecule has 0 saturated heterocycles. The molecule has 4 rings (SSSR count). The average molecular weight is 544 g/mol. The van der Waals surface area contributed by atoms with Gasteiger partial charge in [0.15, 0.2) is 0 Å². The monoisotopic (exact) mass is 543 g/mol. The van der Waals surface area contributed by atoms with Crippen molar-refractivity contribution < 1.29 is 18.7 Å². The SMILES string of the molecule is Cc1c(NC(=O)OC(C)(C)C)ccc2nc(N(C)CC(C(=O)NCc3cccnc3)c3ccccc3)oc(=O)c12. The number of nitrogens with one attached hydrogen (secondary N) is 2. The van der Waals surface area contributed by atoms with E-state index in [2.05, 4.69) is 20.6 Å². The van der Waals surface area contributed by atoms with Crippen molar-refractivity contribution in [3.8, 4) is 0 Å². The summed E-state index contributed by atoms with van der Waals surface area (Å²) in [6, 6.07) is 16.5. The molecule has 4 aromatic rings. The van der Waals surface area contributed by atoms with E-state index in [0.717, 1.165) is 11.1 Å². The Bertz CT molecular complexity index is 1550. The second-order valence-electron chi connectivity index (χ2n) is 10.5. The van der Waals surface area contributed by atoms with Gasteiger partial charge in [-0.25, -0.2) is 9.59 Å². The molecule has 2 N–H and O–H groups in total. The first-order valence-electron chi connectivity index (χ1n) is 12.9. The zero-order chi connectivity index (χ0) is 28.9. The molecule has 0 aliphatic rings. The van der Waals surface area contributed by atoms with Gasteiger partial charge in [-0.1, -0.05) is 36.4 Å². The van der Waals surface area contributed by atoms with Crippen LogP contribution in [-0.2, 0) is 16.1 Å². The standard InChI is InChI=1S/C30H33N5O5/c1-19-23(34-29(38)40-30(2,3)4)13-14-24-25(19)27(37)39-28(33-24)35(5)18-22(21-11-7-6-8-12-21)26(36)32-17-20-10-9-15-31-16-20/h6-16,22H,17-18H2,1-5H3,(H,32,36)(H,34,38). The number of nitrogens with zero attached hydrogens (tertiary/aromatic N) is 3.